The molecule has 0 aromatic heterocycles. The second-order valence-electron chi connectivity index (χ2n) is 5.48. The third kappa shape index (κ3) is 3.06. The molecule has 2 aromatic rings. The molecule has 0 radical (unpaired) electrons. The molecule has 0 saturated carbocycles. The number of amides is 1. The summed E-state index contributed by atoms with van der Waals surface area (Å²) in [6.45, 7) is 2.30. The average Bonchev–Trinajstić information content (AvgIpc) is 2.99. The van der Waals surface area contributed by atoms with Gasteiger partial charge in [0.05, 0.1) is 0 Å². The van der Waals surface area contributed by atoms with Gasteiger partial charge >= 0.3 is 0 Å². The Morgan fingerprint density at radius 3 is 2.77 bits per heavy atom. The Labute approximate surface area is 130 Å². The van der Waals surface area contributed by atoms with Crippen LogP contribution >= 0.6 is 0 Å². The normalized spacial score (nSPS) is 12.3. The van der Waals surface area contributed by atoms with Crippen LogP contribution in [0.3, 0.4) is 0 Å². The number of carbonyl (C=O) groups is 1. The summed E-state index contributed by atoms with van der Waals surface area (Å²) < 4.78 is 10.6. The Morgan fingerprint density at radius 2 is 1.95 bits per heavy atom. The summed E-state index contributed by atoms with van der Waals surface area (Å²) in [5, 5.41) is 0. The standard InChI is InChI=1S/C18H19NO3/c1-13-4-3-5-14(10-13)6-9-18(20)19(2)15-7-8-16-17(11-15)22-12-21-16/h3-5,7-8,10-11H,6,9,12H2,1-2H3. The van der Waals surface area contributed by atoms with Crippen molar-refractivity contribution in [2.45, 2.75) is 19.8 Å². The lowest BCUT2D eigenvalue weighted by atomic mass is 10.1. The summed E-state index contributed by atoms with van der Waals surface area (Å²) in [6, 6.07) is 13.8. The Hall–Kier alpha value is -2.49. The number of ether oxygens (including phenoxy) is 2. The first kappa shape index (κ1) is 14.4. The van der Waals surface area contributed by atoms with E-state index in [1.54, 1.807) is 11.9 Å². The molecule has 114 valence electrons. The van der Waals surface area contributed by atoms with E-state index >= 15 is 0 Å². The van der Waals surface area contributed by atoms with E-state index in [-0.39, 0.29) is 12.7 Å². The molecule has 1 amide bonds. The smallest absolute Gasteiger partial charge is 0.231 e. The van der Waals surface area contributed by atoms with Crippen LogP contribution in [-0.2, 0) is 11.2 Å². The van der Waals surface area contributed by atoms with Gasteiger partial charge in [0.25, 0.3) is 0 Å². The van der Waals surface area contributed by atoms with E-state index < -0.39 is 0 Å². The van der Waals surface area contributed by atoms with E-state index in [1.165, 1.54) is 11.1 Å². The Kier molecular flexibility index (Phi) is 4.00. The first-order valence-electron chi connectivity index (χ1n) is 7.35. The zero-order valence-electron chi connectivity index (χ0n) is 12.8. The molecule has 0 spiro atoms. The van der Waals surface area contributed by atoms with Crippen LogP contribution in [0.15, 0.2) is 42.5 Å². The van der Waals surface area contributed by atoms with Gasteiger partial charge in [-0.3, -0.25) is 4.79 Å². The molecule has 2 aromatic carbocycles. The van der Waals surface area contributed by atoms with Crippen molar-refractivity contribution in [3.8, 4) is 11.5 Å². The van der Waals surface area contributed by atoms with Gasteiger partial charge in [-0.2, -0.15) is 0 Å². The minimum atomic E-state index is 0.0837. The molecule has 3 rings (SSSR count). The third-order valence-electron chi connectivity index (χ3n) is 3.83. The Morgan fingerprint density at radius 1 is 1.14 bits per heavy atom. The molecule has 4 nitrogen and oxygen atoms in total. The molecule has 0 N–H and O–H groups in total. The van der Waals surface area contributed by atoms with Gasteiger partial charge in [0.1, 0.15) is 0 Å². The van der Waals surface area contributed by atoms with E-state index in [2.05, 4.69) is 25.1 Å². The molecule has 1 aliphatic rings. The van der Waals surface area contributed by atoms with Gasteiger partial charge in [-0.25, -0.2) is 0 Å². The maximum atomic E-state index is 12.4. The van der Waals surface area contributed by atoms with Gasteiger partial charge in [0.2, 0.25) is 12.7 Å². The van der Waals surface area contributed by atoms with Crippen molar-refractivity contribution in [3.63, 3.8) is 0 Å². The summed E-state index contributed by atoms with van der Waals surface area (Å²) in [5.74, 6) is 1.50. The maximum Gasteiger partial charge on any atom is 0.231 e. The van der Waals surface area contributed by atoms with Crippen molar-refractivity contribution >= 4 is 11.6 Å². The molecule has 1 aliphatic heterocycles. The van der Waals surface area contributed by atoms with Gasteiger partial charge in [-0.05, 0) is 31.0 Å². The molecule has 0 bridgehead atoms. The quantitative estimate of drug-likeness (QED) is 0.869. The van der Waals surface area contributed by atoms with Gasteiger partial charge in [-0.15, -0.1) is 0 Å². The number of fused-ring (bicyclic) bond motifs is 1. The first-order valence-corrected chi connectivity index (χ1v) is 7.35. The van der Waals surface area contributed by atoms with E-state index in [9.17, 15) is 4.79 Å². The molecule has 0 aliphatic carbocycles. The van der Waals surface area contributed by atoms with Crippen molar-refractivity contribution in [2.75, 3.05) is 18.7 Å². The zero-order valence-corrected chi connectivity index (χ0v) is 12.8. The second-order valence-corrected chi connectivity index (χ2v) is 5.48. The van der Waals surface area contributed by atoms with Crippen LogP contribution in [0, 0.1) is 6.92 Å². The Bertz CT molecular complexity index is 696. The molecular weight excluding hydrogens is 278 g/mol. The highest BCUT2D eigenvalue weighted by molar-refractivity contribution is 5.93. The summed E-state index contributed by atoms with van der Waals surface area (Å²) in [7, 11) is 1.79. The van der Waals surface area contributed by atoms with Crippen molar-refractivity contribution in [1.29, 1.82) is 0 Å². The number of hydrogen-bond acceptors (Lipinski definition) is 3. The largest absolute Gasteiger partial charge is 0.454 e. The highest BCUT2D eigenvalue weighted by Gasteiger charge is 2.17. The van der Waals surface area contributed by atoms with Gasteiger partial charge in [-0.1, -0.05) is 29.8 Å². The number of carbonyl (C=O) groups excluding carboxylic acids is 1. The molecule has 22 heavy (non-hydrogen) atoms. The number of nitrogens with zero attached hydrogens (tertiary/aromatic N) is 1. The highest BCUT2D eigenvalue weighted by Crippen LogP contribution is 2.35. The van der Waals surface area contributed by atoms with E-state index in [1.807, 2.05) is 24.3 Å². The fraction of sp³-hybridized carbons (Fsp3) is 0.278. The van der Waals surface area contributed by atoms with Crippen LogP contribution in [0.2, 0.25) is 0 Å². The molecular formula is C18H19NO3. The molecule has 1 heterocycles. The minimum absolute atomic E-state index is 0.0837. The Balaban J connectivity index is 1.64. The van der Waals surface area contributed by atoms with Crippen LogP contribution in [0.1, 0.15) is 17.5 Å². The maximum absolute atomic E-state index is 12.4. The fourth-order valence-corrected chi connectivity index (χ4v) is 2.52. The van der Waals surface area contributed by atoms with E-state index in [4.69, 9.17) is 9.47 Å². The molecule has 0 saturated heterocycles. The monoisotopic (exact) mass is 297 g/mol. The number of hydrogen-bond donors (Lipinski definition) is 0. The summed E-state index contributed by atoms with van der Waals surface area (Å²) in [6.07, 6.45) is 1.23. The van der Waals surface area contributed by atoms with Crippen LogP contribution in [0.25, 0.3) is 0 Å². The predicted molar refractivity (Wildman–Crippen MR) is 85.5 cm³/mol. The van der Waals surface area contributed by atoms with Crippen molar-refractivity contribution in [1.82, 2.24) is 0 Å². The van der Waals surface area contributed by atoms with Crippen molar-refractivity contribution in [2.24, 2.45) is 0 Å². The number of anilines is 1. The minimum Gasteiger partial charge on any atom is -0.454 e. The van der Waals surface area contributed by atoms with Gasteiger partial charge in [0, 0.05) is 25.2 Å². The summed E-state index contributed by atoms with van der Waals surface area (Å²) >= 11 is 0. The number of benzene rings is 2. The molecule has 0 fully saturated rings. The third-order valence-corrected chi connectivity index (χ3v) is 3.83. The first-order chi connectivity index (χ1) is 10.6. The highest BCUT2D eigenvalue weighted by atomic mass is 16.7. The lowest BCUT2D eigenvalue weighted by Crippen LogP contribution is -2.26. The molecule has 0 atom stereocenters. The van der Waals surface area contributed by atoms with Crippen molar-refractivity contribution in [3.05, 3.63) is 53.6 Å². The lowest BCUT2D eigenvalue weighted by Gasteiger charge is -2.17. The molecule has 0 unspecified atom stereocenters. The molecule has 4 heteroatoms. The fourth-order valence-electron chi connectivity index (χ4n) is 2.52. The second kappa shape index (κ2) is 6.10. The topological polar surface area (TPSA) is 38.8 Å². The van der Waals surface area contributed by atoms with Crippen LogP contribution in [0.5, 0.6) is 11.5 Å². The predicted octanol–water partition coefficient (Wildman–Crippen LogP) is 3.32. The summed E-state index contributed by atoms with van der Waals surface area (Å²) in [5.41, 5.74) is 3.22. The SMILES string of the molecule is Cc1cccc(CCC(=O)N(C)c2ccc3c(c2)OCO3)c1. The van der Waals surface area contributed by atoms with Crippen LogP contribution in [0.4, 0.5) is 5.69 Å². The van der Waals surface area contributed by atoms with Crippen LogP contribution in [-0.4, -0.2) is 19.7 Å². The van der Waals surface area contributed by atoms with Gasteiger partial charge < -0.3 is 14.4 Å². The zero-order chi connectivity index (χ0) is 15.5. The number of rotatable bonds is 4. The van der Waals surface area contributed by atoms with Crippen LogP contribution < -0.4 is 14.4 Å². The van der Waals surface area contributed by atoms with E-state index in [0.29, 0.717) is 12.2 Å². The number of aryl methyl sites for hydroxylation is 2. The van der Waals surface area contributed by atoms with E-state index in [0.717, 1.165) is 17.9 Å². The van der Waals surface area contributed by atoms with Crippen molar-refractivity contribution < 1.29 is 14.3 Å². The average molecular weight is 297 g/mol. The lowest BCUT2D eigenvalue weighted by molar-refractivity contribution is -0.118. The van der Waals surface area contributed by atoms with Gasteiger partial charge in [0.15, 0.2) is 11.5 Å². The summed E-state index contributed by atoms with van der Waals surface area (Å²) in [4.78, 5) is 14.0.